The topological polar surface area (TPSA) is 37.3 Å². The number of aliphatic carboxylic acids is 1. The van der Waals surface area contributed by atoms with Crippen LogP contribution >= 0.6 is 0 Å². The van der Waals surface area contributed by atoms with Gasteiger partial charge in [0.1, 0.15) is 0 Å². The molecule has 1 N–H and O–H groups in total. The van der Waals surface area contributed by atoms with E-state index in [1.807, 2.05) is 25.1 Å². The Morgan fingerprint density at radius 3 is 2.31 bits per heavy atom. The van der Waals surface area contributed by atoms with Gasteiger partial charge in [-0.1, -0.05) is 50.1 Å². The quantitative estimate of drug-likeness (QED) is 0.845. The molecule has 0 unspecified atom stereocenters. The van der Waals surface area contributed by atoms with E-state index in [0.29, 0.717) is 0 Å². The molecule has 0 spiro atoms. The Balaban J connectivity index is 2.40. The van der Waals surface area contributed by atoms with Crippen molar-refractivity contribution in [3.05, 3.63) is 35.9 Å². The third-order valence-corrected chi connectivity index (χ3v) is 4.04. The standard InChI is InChI=1S/C14H18O2/c1-11(13(15)16)14(9-5-6-10-14)12-7-3-2-4-8-12/h2-4,7-8,11H,5-6,9-10H2,1H3,(H,15,16)/t11-/m1/s1. The molecule has 0 aliphatic heterocycles. The molecule has 1 atom stereocenters. The number of benzene rings is 1. The lowest BCUT2D eigenvalue weighted by molar-refractivity contribution is -0.143. The Bertz CT molecular complexity index is 364. The molecule has 2 nitrogen and oxygen atoms in total. The first-order valence-electron chi connectivity index (χ1n) is 5.95. The molecule has 0 amide bonds. The van der Waals surface area contributed by atoms with Crippen LogP contribution in [0.5, 0.6) is 0 Å². The summed E-state index contributed by atoms with van der Waals surface area (Å²) >= 11 is 0. The Morgan fingerprint density at radius 2 is 1.81 bits per heavy atom. The molecule has 1 fully saturated rings. The molecule has 0 heterocycles. The SMILES string of the molecule is C[C@H](C(=O)O)C1(c2ccccc2)CCCC1. The highest BCUT2D eigenvalue weighted by atomic mass is 16.4. The number of rotatable bonds is 3. The summed E-state index contributed by atoms with van der Waals surface area (Å²) in [5.74, 6) is -0.969. The minimum atomic E-state index is -0.675. The third kappa shape index (κ3) is 1.73. The van der Waals surface area contributed by atoms with Crippen LogP contribution < -0.4 is 0 Å². The van der Waals surface area contributed by atoms with Crippen molar-refractivity contribution in [2.75, 3.05) is 0 Å². The maximum absolute atomic E-state index is 11.3. The highest BCUT2D eigenvalue weighted by molar-refractivity contribution is 5.72. The first-order valence-corrected chi connectivity index (χ1v) is 5.95. The van der Waals surface area contributed by atoms with E-state index in [2.05, 4.69) is 12.1 Å². The molecule has 1 aliphatic carbocycles. The number of carboxylic acid groups (broad SMARTS) is 1. The van der Waals surface area contributed by atoms with Crippen molar-refractivity contribution in [3.63, 3.8) is 0 Å². The molecule has 1 aliphatic rings. The van der Waals surface area contributed by atoms with Gasteiger partial charge in [-0.3, -0.25) is 4.79 Å². The van der Waals surface area contributed by atoms with Gasteiger partial charge in [-0.05, 0) is 18.4 Å². The van der Waals surface area contributed by atoms with Gasteiger partial charge in [0, 0.05) is 5.41 Å². The van der Waals surface area contributed by atoms with E-state index in [9.17, 15) is 9.90 Å². The predicted octanol–water partition coefficient (Wildman–Crippen LogP) is 3.22. The average molecular weight is 218 g/mol. The number of carboxylic acids is 1. The molecule has 0 aromatic heterocycles. The minimum Gasteiger partial charge on any atom is -0.481 e. The second kappa shape index (κ2) is 4.28. The van der Waals surface area contributed by atoms with E-state index in [-0.39, 0.29) is 11.3 Å². The maximum Gasteiger partial charge on any atom is 0.307 e. The summed E-state index contributed by atoms with van der Waals surface area (Å²) in [6.45, 7) is 1.85. The molecule has 1 aromatic rings. The van der Waals surface area contributed by atoms with Gasteiger partial charge in [0.25, 0.3) is 0 Å². The average Bonchev–Trinajstić information content (AvgIpc) is 2.79. The lowest BCUT2D eigenvalue weighted by atomic mass is 9.69. The monoisotopic (exact) mass is 218 g/mol. The molecule has 2 heteroatoms. The molecule has 16 heavy (non-hydrogen) atoms. The first kappa shape index (κ1) is 11.2. The number of carbonyl (C=O) groups is 1. The maximum atomic E-state index is 11.3. The molecule has 1 aromatic carbocycles. The summed E-state index contributed by atoms with van der Waals surface area (Å²) in [6, 6.07) is 10.1. The second-order valence-corrected chi connectivity index (χ2v) is 4.79. The fraction of sp³-hybridized carbons (Fsp3) is 0.500. The van der Waals surface area contributed by atoms with E-state index in [1.165, 1.54) is 5.56 Å². The van der Waals surface area contributed by atoms with Gasteiger partial charge >= 0.3 is 5.97 Å². The van der Waals surface area contributed by atoms with Gasteiger partial charge < -0.3 is 5.11 Å². The van der Waals surface area contributed by atoms with Crippen LogP contribution in [-0.4, -0.2) is 11.1 Å². The zero-order chi connectivity index (χ0) is 11.6. The van der Waals surface area contributed by atoms with Crippen molar-refractivity contribution >= 4 is 5.97 Å². The molecule has 86 valence electrons. The van der Waals surface area contributed by atoms with Crippen molar-refractivity contribution in [1.29, 1.82) is 0 Å². The van der Waals surface area contributed by atoms with E-state index >= 15 is 0 Å². The predicted molar refractivity (Wildman–Crippen MR) is 63.4 cm³/mol. The zero-order valence-electron chi connectivity index (χ0n) is 9.65. The van der Waals surface area contributed by atoms with Gasteiger partial charge in [-0.2, -0.15) is 0 Å². The van der Waals surface area contributed by atoms with E-state index in [0.717, 1.165) is 25.7 Å². The van der Waals surface area contributed by atoms with Crippen LogP contribution in [0.4, 0.5) is 0 Å². The van der Waals surface area contributed by atoms with Crippen LogP contribution in [0, 0.1) is 5.92 Å². The van der Waals surface area contributed by atoms with Gasteiger partial charge in [0.05, 0.1) is 5.92 Å². The molecular formula is C14H18O2. The van der Waals surface area contributed by atoms with Gasteiger partial charge in [0.2, 0.25) is 0 Å². The van der Waals surface area contributed by atoms with Crippen LogP contribution in [0.1, 0.15) is 38.2 Å². The summed E-state index contributed by atoms with van der Waals surface area (Å²) in [5.41, 5.74) is 1.06. The molecule has 1 saturated carbocycles. The van der Waals surface area contributed by atoms with Crippen molar-refractivity contribution in [2.45, 2.75) is 38.0 Å². The smallest absolute Gasteiger partial charge is 0.307 e. The third-order valence-electron chi connectivity index (χ3n) is 4.04. The van der Waals surface area contributed by atoms with Gasteiger partial charge in [0.15, 0.2) is 0 Å². The number of hydrogen-bond donors (Lipinski definition) is 1. The lowest BCUT2D eigenvalue weighted by Crippen LogP contribution is -2.35. The fourth-order valence-electron chi connectivity index (χ4n) is 2.98. The Hall–Kier alpha value is -1.31. The van der Waals surface area contributed by atoms with Crippen LogP contribution in [0.15, 0.2) is 30.3 Å². The first-order chi connectivity index (χ1) is 7.67. The summed E-state index contributed by atoms with van der Waals surface area (Å²) in [7, 11) is 0. The van der Waals surface area contributed by atoms with E-state index in [4.69, 9.17) is 0 Å². The summed E-state index contributed by atoms with van der Waals surface area (Å²) in [5, 5.41) is 9.27. The molecule has 0 saturated heterocycles. The summed E-state index contributed by atoms with van der Waals surface area (Å²) in [6.07, 6.45) is 4.30. The highest BCUT2D eigenvalue weighted by Gasteiger charge is 2.43. The van der Waals surface area contributed by atoms with Gasteiger partial charge in [-0.15, -0.1) is 0 Å². The molecular weight excluding hydrogens is 200 g/mol. The summed E-state index contributed by atoms with van der Waals surface area (Å²) < 4.78 is 0. The minimum absolute atomic E-state index is 0.132. The van der Waals surface area contributed by atoms with Crippen molar-refractivity contribution < 1.29 is 9.90 Å². The van der Waals surface area contributed by atoms with Crippen LogP contribution in [0.25, 0.3) is 0 Å². The zero-order valence-corrected chi connectivity index (χ0v) is 9.65. The van der Waals surface area contributed by atoms with Crippen molar-refractivity contribution in [2.24, 2.45) is 5.92 Å². The van der Waals surface area contributed by atoms with Crippen LogP contribution in [0.3, 0.4) is 0 Å². The Kier molecular flexibility index (Phi) is 2.99. The molecule has 2 rings (SSSR count). The van der Waals surface area contributed by atoms with Crippen LogP contribution in [0.2, 0.25) is 0 Å². The second-order valence-electron chi connectivity index (χ2n) is 4.79. The lowest BCUT2D eigenvalue weighted by Gasteiger charge is -2.33. The van der Waals surface area contributed by atoms with E-state index in [1.54, 1.807) is 0 Å². The highest BCUT2D eigenvalue weighted by Crippen LogP contribution is 2.46. The van der Waals surface area contributed by atoms with Crippen LogP contribution in [-0.2, 0) is 10.2 Å². The van der Waals surface area contributed by atoms with Gasteiger partial charge in [-0.25, -0.2) is 0 Å². The Morgan fingerprint density at radius 1 is 1.25 bits per heavy atom. The largest absolute Gasteiger partial charge is 0.481 e. The van der Waals surface area contributed by atoms with Crippen molar-refractivity contribution in [3.8, 4) is 0 Å². The van der Waals surface area contributed by atoms with Crippen molar-refractivity contribution in [1.82, 2.24) is 0 Å². The normalized spacial score (nSPS) is 20.6. The summed E-state index contributed by atoms with van der Waals surface area (Å²) in [4.78, 5) is 11.3. The fourth-order valence-corrected chi connectivity index (χ4v) is 2.98. The van der Waals surface area contributed by atoms with E-state index < -0.39 is 5.97 Å². The molecule has 0 bridgehead atoms. The molecule has 0 radical (unpaired) electrons. The number of hydrogen-bond acceptors (Lipinski definition) is 1. The Labute approximate surface area is 96.3 Å².